The van der Waals surface area contributed by atoms with Gasteiger partial charge in [0.1, 0.15) is 5.50 Å². The molecule has 10 heavy (non-hydrogen) atoms. The summed E-state index contributed by atoms with van der Waals surface area (Å²) in [5, 5.41) is 4.03. The average molecular weight is 160 g/mol. The van der Waals surface area contributed by atoms with Gasteiger partial charge in [-0.2, -0.15) is 0 Å². The van der Waals surface area contributed by atoms with Crippen LogP contribution in [0.15, 0.2) is 10.8 Å². The van der Waals surface area contributed by atoms with Crippen molar-refractivity contribution in [1.29, 1.82) is 0 Å². The van der Waals surface area contributed by atoms with Gasteiger partial charge < -0.3 is 15.8 Å². The highest BCUT2D eigenvalue weighted by atomic mass is 32.2. The topological polar surface area (TPSA) is 47.3 Å². The average Bonchev–Trinajstić information content (AvgIpc) is 2.30. The van der Waals surface area contributed by atoms with Crippen molar-refractivity contribution in [2.45, 2.75) is 18.8 Å². The summed E-state index contributed by atoms with van der Waals surface area (Å²) in [6.45, 7) is 2.07. The molecule has 0 bridgehead atoms. The Kier molecular flexibility index (Phi) is 2.45. The molecule has 4 heteroatoms. The van der Waals surface area contributed by atoms with E-state index < -0.39 is 0 Å². The van der Waals surface area contributed by atoms with Crippen molar-refractivity contribution in [3.05, 3.63) is 10.8 Å². The number of hydrogen-bond donors (Lipinski definition) is 2. The molecule has 1 atom stereocenters. The van der Waals surface area contributed by atoms with Crippen molar-refractivity contribution in [1.82, 2.24) is 5.32 Å². The van der Waals surface area contributed by atoms with Gasteiger partial charge in [0.15, 0.2) is 5.09 Å². The lowest BCUT2D eigenvalue weighted by Crippen LogP contribution is -2.28. The second-order valence-corrected chi connectivity index (χ2v) is 3.12. The Bertz CT molecular complexity index is 142. The molecule has 0 fully saturated rings. The minimum atomic E-state index is -0.0232. The van der Waals surface area contributed by atoms with Gasteiger partial charge in [0.05, 0.1) is 12.8 Å². The highest BCUT2D eigenvalue weighted by Crippen LogP contribution is 2.28. The van der Waals surface area contributed by atoms with E-state index in [2.05, 4.69) is 12.2 Å². The number of thioether (sulfide) groups is 1. The highest BCUT2D eigenvalue weighted by molar-refractivity contribution is 8.03. The summed E-state index contributed by atoms with van der Waals surface area (Å²) < 4.78 is 5.09. The molecular weight excluding hydrogens is 148 g/mol. The SMILES string of the molecule is CCC1=C(OC)SC(N)N1. The standard InChI is InChI=1S/C6H12N2OS/c1-3-4-5(9-2)10-6(7)8-4/h6,8H,3,7H2,1-2H3. The van der Waals surface area contributed by atoms with Gasteiger partial charge >= 0.3 is 0 Å². The van der Waals surface area contributed by atoms with Gasteiger partial charge in [0, 0.05) is 0 Å². The normalized spacial score (nSPS) is 24.9. The molecule has 0 aromatic carbocycles. The zero-order chi connectivity index (χ0) is 7.56. The third-order valence-corrected chi connectivity index (χ3v) is 2.33. The third kappa shape index (κ3) is 1.38. The molecule has 3 nitrogen and oxygen atoms in total. The van der Waals surface area contributed by atoms with Crippen LogP contribution in [0.5, 0.6) is 0 Å². The van der Waals surface area contributed by atoms with Crippen LogP contribution in [0.4, 0.5) is 0 Å². The molecule has 1 rings (SSSR count). The van der Waals surface area contributed by atoms with E-state index in [0.717, 1.165) is 17.2 Å². The Morgan fingerprint density at radius 2 is 2.50 bits per heavy atom. The van der Waals surface area contributed by atoms with Crippen LogP contribution in [-0.4, -0.2) is 12.6 Å². The first-order chi connectivity index (χ1) is 4.77. The second-order valence-electron chi connectivity index (χ2n) is 2.01. The number of nitrogens with one attached hydrogen (secondary N) is 1. The van der Waals surface area contributed by atoms with E-state index in [0.29, 0.717) is 0 Å². The first kappa shape index (κ1) is 7.75. The minimum absolute atomic E-state index is 0.0232. The first-order valence-electron chi connectivity index (χ1n) is 3.23. The zero-order valence-corrected chi connectivity index (χ0v) is 6.99. The van der Waals surface area contributed by atoms with E-state index in [1.54, 1.807) is 7.11 Å². The number of rotatable bonds is 2. The summed E-state index contributed by atoms with van der Waals surface area (Å²) in [4.78, 5) is 0. The van der Waals surface area contributed by atoms with Crippen LogP contribution in [0.25, 0.3) is 0 Å². The molecule has 0 aliphatic carbocycles. The number of hydrogen-bond acceptors (Lipinski definition) is 4. The quantitative estimate of drug-likeness (QED) is 0.627. The van der Waals surface area contributed by atoms with Gasteiger partial charge in [-0.1, -0.05) is 6.92 Å². The van der Waals surface area contributed by atoms with Crippen molar-refractivity contribution in [2.24, 2.45) is 5.73 Å². The highest BCUT2D eigenvalue weighted by Gasteiger charge is 2.19. The number of methoxy groups -OCH3 is 1. The summed E-state index contributed by atoms with van der Waals surface area (Å²) in [6, 6.07) is 0. The number of nitrogens with two attached hydrogens (primary N) is 1. The van der Waals surface area contributed by atoms with Crippen molar-refractivity contribution in [3.8, 4) is 0 Å². The largest absolute Gasteiger partial charge is 0.489 e. The van der Waals surface area contributed by atoms with Crippen LogP contribution in [0.3, 0.4) is 0 Å². The molecule has 0 radical (unpaired) electrons. The number of ether oxygens (including phenoxy) is 1. The van der Waals surface area contributed by atoms with Gasteiger partial charge in [-0.05, 0) is 18.2 Å². The van der Waals surface area contributed by atoms with Gasteiger partial charge in [-0.15, -0.1) is 0 Å². The van der Waals surface area contributed by atoms with Crippen molar-refractivity contribution >= 4 is 11.8 Å². The van der Waals surface area contributed by atoms with E-state index in [1.165, 1.54) is 11.8 Å². The molecule has 1 heterocycles. The molecule has 3 N–H and O–H groups in total. The van der Waals surface area contributed by atoms with E-state index >= 15 is 0 Å². The maximum absolute atomic E-state index is 5.60. The van der Waals surface area contributed by atoms with Crippen molar-refractivity contribution in [3.63, 3.8) is 0 Å². The second kappa shape index (κ2) is 3.16. The van der Waals surface area contributed by atoms with Crippen LogP contribution < -0.4 is 11.1 Å². The molecule has 58 valence electrons. The summed E-state index contributed by atoms with van der Waals surface area (Å²) in [5.41, 5.74) is 6.68. The van der Waals surface area contributed by atoms with Gasteiger partial charge in [0.25, 0.3) is 0 Å². The van der Waals surface area contributed by atoms with Crippen molar-refractivity contribution < 1.29 is 4.74 Å². The fourth-order valence-electron chi connectivity index (χ4n) is 0.864. The lowest BCUT2D eigenvalue weighted by molar-refractivity contribution is 0.319. The van der Waals surface area contributed by atoms with Gasteiger partial charge in [-0.25, -0.2) is 0 Å². The van der Waals surface area contributed by atoms with Crippen molar-refractivity contribution in [2.75, 3.05) is 7.11 Å². The van der Waals surface area contributed by atoms with E-state index in [1.807, 2.05) is 0 Å². The molecular formula is C6H12N2OS. The fourth-order valence-corrected chi connectivity index (χ4v) is 1.74. The number of allylic oxidation sites excluding steroid dienone is 1. The van der Waals surface area contributed by atoms with Crippen LogP contribution >= 0.6 is 11.8 Å². The van der Waals surface area contributed by atoms with Crippen LogP contribution in [0.1, 0.15) is 13.3 Å². The summed E-state index contributed by atoms with van der Waals surface area (Å²) in [5.74, 6) is 0. The molecule has 1 unspecified atom stereocenters. The predicted octanol–water partition coefficient (Wildman–Crippen LogP) is 0.791. The molecule has 0 spiro atoms. The smallest absolute Gasteiger partial charge is 0.175 e. The lowest BCUT2D eigenvalue weighted by Gasteiger charge is -2.02. The molecule has 1 aliphatic heterocycles. The molecule has 1 aliphatic rings. The van der Waals surface area contributed by atoms with E-state index in [9.17, 15) is 0 Å². The Balaban J connectivity index is 2.61. The van der Waals surface area contributed by atoms with Crippen LogP contribution in [-0.2, 0) is 4.74 Å². The zero-order valence-electron chi connectivity index (χ0n) is 6.18. The lowest BCUT2D eigenvalue weighted by atomic mass is 10.4. The molecule has 0 aromatic rings. The first-order valence-corrected chi connectivity index (χ1v) is 4.11. The van der Waals surface area contributed by atoms with Gasteiger partial charge in [0.2, 0.25) is 0 Å². The maximum atomic E-state index is 5.60. The summed E-state index contributed by atoms with van der Waals surface area (Å²) >= 11 is 1.52. The maximum Gasteiger partial charge on any atom is 0.175 e. The Morgan fingerprint density at radius 3 is 2.90 bits per heavy atom. The summed E-state index contributed by atoms with van der Waals surface area (Å²) in [7, 11) is 1.66. The van der Waals surface area contributed by atoms with E-state index in [-0.39, 0.29) is 5.50 Å². The predicted molar refractivity (Wildman–Crippen MR) is 43.0 cm³/mol. The molecule has 0 saturated heterocycles. The minimum Gasteiger partial charge on any atom is -0.489 e. The molecule has 0 saturated carbocycles. The van der Waals surface area contributed by atoms with E-state index in [4.69, 9.17) is 10.5 Å². The van der Waals surface area contributed by atoms with Crippen LogP contribution in [0, 0.1) is 0 Å². The van der Waals surface area contributed by atoms with Gasteiger partial charge in [-0.3, -0.25) is 0 Å². The fraction of sp³-hybridized carbons (Fsp3) is 0.667. The van der Waals surface area contributed by atoms with Crippen LogP contribution in [0.2, 0.25) is 0 Å². The third-order valence-electron chi connectivity index (χ3n) is 1.34. The molecule has 0 amide bonds. The molecule has 0 aromatic heterocycles. The Morgan fingerprint density at radius 1 is 1.80 bits per heavy atom. The Hall–Kier alpha value is -0.350. The summed E-state index contributed by atoms with van der Waals surface area (Å²) in [6.07, 6.45) is 0.948. The Labute approximate surface area is 65.0 Å². The monoisotopic (exact) mass is 160 g/mol.